The number of hydrogen-bond acceptors (Lipinski definition) is 4. The molecule has 0 bridgehead atoms. The molecule has 0 aliphatic rings. The number of unbranched alkanes of at least 4 members (excludes halogenated alkanes) is 23. The molecule has 0 unspecified atom stereocenters. The van der Waals surface area contributed by atoms with Crippen LogP contribution >= 0.6 is 0 Å². The van der Waals surface area contributed by atoms with E-state index >= 15 is 0 Å². The van der Waals surface area contributed by atoms with Crippen LogP contribution in [0, 0.1) is 0 Å². The molecule has 0 atom stereocenters. The molecular formula is C31H66FNO3S. The van der Waals surface area contributed by atoms with E-state index in [-0.39, 0.29) is 12.4 Å². The van der Waals surface area contributed by atoms with Crippen LogP contribution in [0.2, 0.25) is 0 Å². The highest BCUT2D eigenvalue weighted by atomic mass is 32.2. The third-order valence-corrected chi connectivity index (χ3v) is 8.10. The lowest BCUT2D eigenvalue weighted by Crippen LogP contribution is -2.11. The molecule has 0 aromatic heterocycles. The molecule has 1 N–H and O–H groups in total. The fourth-order valence-corrected chi connectivity index (χ4v) is 5.55. The molecule has 0 amide bonds. The first-order valence-electron chi connectivity index (χ1n) is 16.1. The molecule has 0 heterocycles. The van der Waals surface area contributed by atoms with Gasteiger partial charge in [-0.25, -0.2) is 0 Å². The Morgan fingerprint density at radius 1 is 0.514 bits per heavy atom. The molecule has 226 valence electrons. The number of hydrogen-bond donors (Lipinski definition) is 1. The average molecular weight is 552 g/mol. The summed E-state index contributed by atoms with van der Waals surface area (Å²) in [4.78, 5) is 0. The Kier molecular flexibility index (Phi) is 35.6. The predicted octanol–water partition coefficient (Wildman–Crippen LogP) is 9.91. The number of halogens is 1. The summed E-state index contributed by atoms with van der Waals surface area (Å²) in [6.45, 7) is 2.43. The van der Waals surface area contributed by atoms with Crippen molar-refractivity contribution in [1.82, 2.24) is 5.32 Å². The van der Waals surface area contributed by atoms with Crippen molar-refractivity contribution in [2.75, 3.05) is 33.1 Å². The molecule has 0 rings (SSSR count). The van der Waals surface area contributed by atoms with Gasteiger partial charge in [0, 0.05) is 0 Å². The van der Waals surface area contributed by atoms with Crippen molar-refractivity contribution in [3.05, 3.63) is 0 Å². The minimum atomic E-state index is -3.34. The van der Waals surface area contributed by atoms with Gasteiger partial charge in [-0.05, 0) is 33.4 Å². The summed E-state index contributed by atoms with van der Waals surface area (Å²) in [5, 5.41) is 2.75. The molecule has 0 aliphatic carbocycles. The minimum absolute atomic E-state index is 0.162. The Hall–Kier alpha value is -0.200. The molecule has 0 aliphatic heterocycles. The van der Waals surface area contributed by atoms with Crippen LogP contribution < -0.4 is 5.32 Å². The van der Waals surface area contributed by atoms with Crippen LogP contribution in [0.3, 0.4) is 0 Å². The fraction of sp³-hybridized carbons (Fsp3) is 1.00. The summed E-state index contributed by atoms with van der Waals surface area (Å²) in [6.07, 6.45) is 30.0. The van der Waals surface area contributed by atoms with Crippen molar-refractivity contribution in [1.29, 1.82) is 0 Å². The van der Waals surface area contributed by atoms with E-state index in [4.69, 9.17) is 4.18 Å². The largest absolute Gasteiger partial charge is 0.323 e. The van der Waals surface area contributed by atoms with E-state index < -0.39 is 10.1 Å². The van der Waals surface area contributed by atoms with Gasteiger partial charge in [-0.3, -0.25) is 8.57 Å². The Balaban J connectivity index is 0. The molecule has 0 aromatic carbocycles. The normalized spacial score (nSPS) is 11.5. The van der Waals surface area contributed by atoms with E-state index in [1.165, 1.54) is 109 Å². The number of alkyl halides is 1. The summed E-state index contributed by atoms with van der Waals surface area (Å²) in [7, 11) is 0.408. The van der Waals surface area contributed by atoms with Gasteiger partial charge in [0.05, 0.1) is 19.0 Å². The molecule has 6 heteroatoms. The monoisotopic (exact) mass is 551 g/mol. The molecule has 0 saturated carbocycles. The molecule has 0 spiro atoms. The molecule has 0 aromatic rings. The van der Waals surface area contributed by atoms with Crippen LogP contribution in [-0.2, 0) is 14.3 Å². The van der Waals surface area contributed by atoms with E-state index in [0.29, 0.717) is 19.4 Å². The summed E-state index contributed by atoms with van der Waals surface area (Å²) in [5.74, 6) is 0.162. The van der Waals surface area contributed by atoms with E-state index in [1.54, 1.807) is 0 Å². The van der Waals surface area contributed by atoms with Crippen molar-refractivity contribution in [3.63, 3.8) is 0 Å². The fourth-order valence-electron chi connectivity index (χ4n) is 4.51. The predicted molar refractivity (Wildman–Crippen MR) is 162 cm³/mol. The standard InChI is InChI=1S/C29H59FO3S.C2H7N/c1-2-3-4-5-6-7-8-9-10-11-13-16-19-22-25-28-33-34(31,32)29-26-23-20-17-14-12-15-18-21-24-27-30;1-3-2/h2-29H2,1H3;3H,1-2H3. The average Bonchev–Trinajstić information content (AvgIpc) is 2.87. The van der Waals surface area contributed by atoms with Crippen LogP contribution in [-0.4, -0.2) is 41.5 Å². The maximum absolute atomic E-state index is 12.0. The summed E-state index contributed by atoms with van der Waals surface area (Å²) < 4.78 is 41.2. The van der Waals surface area contributed by atoms with E-state index in [9.17, 15) is 12.8 Å². The van der Waals surface area contributed by atoms with Gasteiger partial charge in [-0.15, -0.1) is 0 Å². The lowest BCUT2D eigenvalue weighted by Gasteiger charge is -2.06. The molecule has 37 heavy (non-hydrogen) atoms. The first-order chi connectivity index (χ1) is 18.0. The van der Waals surface area contributed by atoms with Crippen LogP contribution in [0.1, 0.15) is 167 Å². The molecule has 0 fully saturated rings. The van der Waals surface area contributed by atoms with Crippen molar-refractivity contribution in [2.45, 2.75) is 167 Å². The molecular weight excluding hydrogens is 485 g/mol. The highest BCUT2D eigenvalue weighted by Gasteiger charge is 2.10. The minimum Gasteiger partial charge on any atom is -0.323 e. The van der Waals surface area contributed by atoms with Crippen molar-refractivity contribution in [3.8, 4) is 0 Å². The second-order valence-corrected chi connectivity index (χ2v) is 12.5. The van der Waals surface area contributed by atoms with Crippen LogP contribution in [0.25, 0.3) is 0 Å². The van der Waals surface area contributed by atoms with E-state index in [0.717, 1.165) is 38.5 Å². The summed E-state index contributed by atoms with van der Waals surface area (Å²) in [5.41, 5.74) is 0. The van der Waals surface area contributed by atoms with Gasteiger partial charge >= 0.3 is 0 Å². The smallest absolute Gasteiger partial charge is 0.267 e. The van der Waals surface area contributed by atoms with E-state index in [1.807, 2.05) is 14.1 Å². The van der Waals surface area contributed by atoms with Crippen LogP contribution in [0.4, 0.5) is 4.39 Å². The quantitative estimate of drug-likeness (QED) is 0.0742. The molecule has 0 saturated heterocycles. The lowest BCUT2D eigenvalue weighted by molar-refractivity contribution is 0.305. The van der Waals surface area contributed by atoms with Gasteiger partial charge in [0.2, 0.25) is 0 Å². The second kappa shape index (κ2) is 33.8. The summed E-state index contributed by atoms with van der Waals surface area (Å²) in [6, 6.07) is 0. The third kappa shape index (κ3) is 38.0. The Morgan fingerprint density at radius 2 is 0.811 bits per heavy atom. The van der Waals surface area contributed by atoms with Gasteiger partial charge in [0.25, 0.3) is 10.1 Å². The van der Waals surface area contributed by atoms with Gasteiger partial charge in [0.1, 0.15) is 0 Å². The summed E-state index contributed by atoms with van der Waals surface area (Å²) >= 11 is 0. The maximum atomic E-state index is 12.0. The van der Waals surface area contributed by atoms with Gasteiger partial charge in [-0.2, -0.15) is 8.42 Å². The topological polar surface area (TPSA) is 55.4 Å². The Morgan fingerprint density at radius 3 is 1.16 bits per heavy atom. The first kappa shape index (κ1) is 38.9. The lowest BCUT2D eigenvalue weighted by atomic mass is 10.0. The van der Waals surface area contributed by atoms with Crippen molar-refractivity contribution >= 4 is 10.1 Å². The Labute approximate surface area is 232 Å². The first-order valence-corrected chi connectivity index (χ1v) is 17.6. The molecule has 4 nitrogen and oxygen atoms in total. The SMILES string of the molecule is CCCCCCCCCCCCCCCCCOS(=O)(=O)CCCCCCCCCCCCF.CNC. The highest BCUT2D eigenvalue weighted by Crippen LogP contribution is 2.14. The van der Waals surface area contributed by atoms with Gasteiger partial charge in [-0.1, -0.05) is 148 Å². The zero-order valence-corrected chi connectivity index (χ0v) is 26.1. The van der Waals surface area contributed by atoms with Crippen molar-refractivity contribution in [2.24, 2.45) is 0 Å². The zero-order chi connectivity index (χ0) is 27.7. The number of rotatable bonds is 29. The highest BCUT2D eigenvalue weighted by molar-refractivity contribution is 7.86. The van der Waals surface area contributed by atoms with E-state index in [2.05, 4.69) is 12.2 Å². The van der Waals surface area contributed by atoms with Gasteiger partial charge < -0.3 is 5.32 Å². The molecule has 0 radical (unpaired) electrons. The zero-order valence-electron chi connectivity index (χ0n) is 25.3. The number of nitrogens with one attached hydrogen (secondary N) is 1. The second-order valence-electron chi connectivity index (χ2n) is 10.8. The van der Waals surface area contributed by atoms with Crippen molar-refractivity contribution < 1.29 is 17.0 Å². The Bertz CT molecular complexity index is 503. The third-order valence-electron chi connectivity index (χ3n) is 6.79. The van der Waals surface area contributed by atoms with Crippen LogP contribution in [0.15, 0.2) is 0 Å². The maximum Gasteiger partial charge on any atom is 0.267 e. The van der Waals surface area contributed by atoms with Crippen LogP contribution in [0.5, 0.6) is 0 Å². The van der Waals surface area contributed by atoms with Gasteiger partial charge in [0.15, 0.2) is 0 Å².